The molecule has 0 saturated carbocycles. The first-order valence-corrected chi connectivity index (χ1v) is 8.45. The average molecular weight is 389 g/mol. The molecule has 0 aliphatic heterocycles. The summed E-state index contributed by atoms with van der Waals surface area (Å²) in [7, 11) is -5.01. The van der Waals surface area contributed by atoms with Crippen LogP contribution >= 0.6 is 0 Å². The Morgan fingerprint density at radius 2 is 1.40 bits per heavy atom. The normalized spacial score (nSPS) is 13.6. The molecule has 0 aromatic heterocycles. The third kappa shape index (κ3) is 4.20. The van der Waals surface area contributed by atoms with Crippen molar-refractivity contribution in [2.45, 2.75) is 37.3 Å². The van der Waals surface area contributed by atoms with Gasteiger partial charge in [-0.25, -0.2) is 35.2 Å². The second kappa shape index (κ2) is 7.14. The van der Waals surface area contributed by atoms with Crippen LogP contribution in [0.15, 0.2) is 4.90 Å². The summed E-state index contributed by atoms with van der Waals surface area (Å²) >= 11 is 0. The molecule has 142 valence electrons. The number of primary amides is 1. The standard InChI is InChI=1S/C14H16F5NO4S/c1-14(2,3)6(4-5-24-13(20)21)25(22,23)12-10(18)8(16)7(15)9(17)11(12)19/h6H,4-5H2,1-3H3,(H2,20,21). The van der Waals surface area contributed by atoms with E-state index in [0.717, 1.165) is 0 Å². The maximum absolute atomic E-state index is 13.9. The largest absolute Gasteiger partial charge is 0.450 e. The highest BCUT2D eigenvalue weighted by Crippen LogP contribution is 2.36. The van der Waals surface area contributed by atoms with Gasteiger partial charge in [-0.2, -0.15) is 0 Å². The van der Waals surface area contributed by atoms with Gasteiger partial charge in [-0.05, 0) is 11.8 Å². The van der Waals surface area contributed by atoms with Gasteiger partial charge < -0.3 is 10.5 Å². The minimum absolute atomic E-state index is 0.464. The van der Waals surface area contributed by atoms with E-state index in [1.54, 1.807) is 0 Å². The number of hydrogen-bond donors (Lipinski definition) is 1. The van der Waals surface area contributed by atoms with Gasteiger partial charge in [0, 0.05) is 0 Å². The number of sulfone groups is 1. The molecular weight excluding hydrogens is 373 g/mol. The van der Waals surface area contributed by atoms with Crippen molar-refractivity contribution in [1.82, 2.24) is 0 Å². The van der Waals surface area contributed by atoms with Gasteiger partial charge >= 0.3 is 6.09 Å². The van der Waals surface area contributed by atoms with Crippen LogP contribution in [0.4, 0.5) is 26.7 Å². The van der Waals surface area contributed by atoms with Crippen molar-refractivity contribution in [3.05, 3.63) is 29.1 Å². The minimum Gasteiger partial charge on any atom is -0.450 e. The Kier molecular flexibility index (Phi) is 6.04. The molecule has 1 rings (SSSR count). The number of amides is 1. The zero-order chi connectivity index (χ0) is 19.7. The van der Waals surface area contributed by atoms with Gasteiger partial charge in [-0.15, -0.1) is 0 Å². The molecule has 1 amide bonds. The van der Waals surface area contributed by atoms with E-state index in [0.29, 0.717) is 0 Å². The number of hydrogen-bond acceptors (Lipinski definition) is 4. The second-order valence-corrected chi connectivity index (χ2v) is 8.32. The molecule has 0 bridgehead atoms. The lowest BCUT2D eigenvalue weighted by molar-refractivity contribution is 0.150. The molecule has 0 aliphatic carbocycles. The molecule has 25 heavy (non-hydrogen) atoms. The summed E-state index contributed by atoms with van der Waals surface area (Å²) in [5, 5.41) is -1.62. The smallest absolute Gasteiger partial charge is 0.404 e. The predicted octanol–water partition coefficient (Wildman–Crippen LogP) is 3.06. The van der Waals surface area contributed by atoms with Crippen molar-refractivity contribution in [2.24, 2.45) is 11.1 Å². The molecule has 0 spiro atoms. The molecule has 5 nitrogen and oxygen atoms in total. The van der Waals surface area contributed by atoms with Gasteiger partial charge in [0.15, 0.2) is 33.1 Å². The molecule has 0 fully saturated rings. The van der Waals surface area contributed by atoms with E-state index in [2.05, 4.69) is 4.74 Å². The van der Waals surface area contributed by atoms with E-state index in [1.165, 1.54) is 20.8 Å². The fourth-order valence-corrected chi connectivity index (χ4v) is 4.60. The SMILES string of the molecule is CC(C)(C)C(CCOC(N)=O)S(=O)(=O)c1c(F)c(F)c(F)c(F)c1F. The number of carbonyl (C=O) groups excluding carboxylic acids is 1. The van der Waals surface area contributed by atoms with Crippen LogP contribution in [0.5, 0.6) is 0 Å². The van der Waals surface area contributed by atoms with Crippen molar-refractivity contribution in [3.63, 3.8) is 0 Å². The summed E-state index contributed by atoms with van der Waals surface area (Å²) < 4.78 is 97.2. The molecule has 1 aromatic carbocycles. The van der Waals surface area contributed by atoms with Gasteiger partial charge in [0.1, 0.15) is 4.90 Å². The van der Waals surface area contributed by atoms with Gasteiger partial charge in [0.2, 0.25) is 5.82 Å². The number of nitrogens with two attached hydrogens (primary N) is 1. The van der Waals surface area contributed by atoms with Crippen LogP contribution in [0.3, 0.4) is 0 Å². The monoisotopic (exact) mass is 389 g/mol. The summed E-state index contributed by atoms with van der Waals surface area (Å²) in [5.41, 5.74) is 3.56. The van der Waals surface area contributed by atoms with Crippen molar-refractivity contribution in [3.8, 4) is 0 Å². The molecule has 0 saturated heterocycles. The summed E-state index contributed by atoms with van der Waals surface area (Å²) in [6, 6.07) is 0. The van der Waals surface area contributed by atoms with Crippen LogP contribution in [-0.4, -0.2) is 26.4 Å². The molecule has 2 N–H and O–H groups in total. The Bertz CT molecular complexity index is 760. The topological polar surface area (TPSA) is 86.5 Å². The predicted molar refractivity (Wildman–Crippen MR) is 76.8 cm³/mol. The lowest BCUT2D eigenvalue weighted by atomic mass is 9.90. The lowest BCUT2D eigenvalue weighted by Gasteiger charge is -2.30. The molecular formula is C14H16F5NO4S. The highest BCUT2D eigenvalue weighted by molar-refractivity contribution is 7.92. The molecule has 1 unspecified atom stereocenters. The Hall–Kier alpha value is -1.91. The van der Waals surface area contributed by atoms with Crippen molar-refractivity contribution >= 4 is 15.9 Å². The third-order valence-corrected chi connectivity index (χ3v) is 6.04. The van der Waals surface area contributed by atoms with E-state index in [9.17, 15) is 35.2 Å². The van der Waals surface area contributed by atoms with Crippen molar-refractivity contribution < 1.29 is 39.9 Å². The lowest BCUT2D eigenvalue weighted by Crippen LogP contribution is -2.37. The Morgan fingerprint density at radius 1 is 1.00 bits per heavy atom. The first-order valence-electron chi connectivity index (χ1n) is 6.90. The van der Waals surface area contributed by atoms with Crippen LogP contribution < -0.4 is 5.73 Å². The highest BCUT2D eigenvalue weighted by Gasteiger charge is 2.43. The molecule has 0 aliphatic rings. The van der Waals surface area contributed by atoms with Crippen LogP contribution in [0.1, 0.15) is 27.2 Å². The quantitative estimate of drug-likeness (QED) is 0.363. The zero-order valence-corrected chi connectivity index (χ0v) is 14.3. The van der Waals surface area contributed by atoms with Crippen LogP contribution in [0.2, 0.25) is 0 Å². The molecule has 1 aromatic rings. The minimum atomic E-state index is -5.01. The Balaban J connectivity index is 3.53. The fourth-order valence-electron chi connectivity index (χ4n) is 2.30. The summed E-state index contributed by atoms with van der Waals surface area (Å²) in [4.78, 5) is 8.66. The van der Waals surface area contributed by atoms with E-state index < -0.39 is 73.6 Å². The summed E-state index contributed by atoms with van der Waals surface area (Å²) in [5.74, 6) is -12.1. The number of ether oxygens (including phenoxy) is 1. The molecule has 0 radical (unpaired) electrons. The number of halogens is 5. The molecule has 11 heteroatoms. The van der Waals surface area contributed by atoms with Gasteiger partial charge in [0.25, 0.3) is 0 Å². The maximum Gasteiger partial charge on any atom is 0.404 e. The van der Waals surface area contributed by atoms with Gasteiger partial charge in [0.05, 0.1) is 11.9 Å². The average Bonchev–Trinajstić information content (AvgIpc) is 2.45. The molecule has 1 atom stereocenters. The van der Waals surface area contributed by atoms with E-state index in [1.807, 2.05) is 0 Å². The second-order valence-electron chi connectivity index (χ2n) is 6.25. The maximum atomic E-state index is 13.9. The van der Waals surface area contributed by atoms with Crippen LogP contribution in [0.25, 0.3) is 0 Å². The first kappa shape index (κ1) is 21.1. The number of rotatable bonds is 5. The molecule has 0 heterocycles. The number of carbonyl (C=O) groups is 1. The van der Waals surface area contributed by atoms with E-state index >= 15 is 0 Å². The Morgan fingerprint density at radius 3 is 1.76 bits per heavy atom. The van der Waals surface area contributed by atoms with Crippen LogP contribution in [-0.2, 0) is 14.6 Å². The highest BCUT2D eigenvalue weighted by atomic mass is 32.2. The Labute approximate surface area is 140 Å². The van der Waals surface area contributed by atoms with Crippen LogP contribution in [0, 0.1) is 34.5 Å². The zero-order valence-electron chi connectivity index (χ0n) is 13.5. The van der Waals surface area contributed by atoms with E-state index in [-0.39, 0.29) is 0 Å². The summed E-state index contributed by atoms with van der Waals surface area (Å²) in [6.45, 7) is 3.62. The van der Waals surface area contributed by atoms with Crippen molar-refractivity contribution in [1.29, 1.82) is 0 Å². The van der Waals surface area contributed by atoms with Crippen molar-refractivity contribution in [2.75, 3.05) is 6.61 Å². The van der Waals surface area contributed by atoms with Gasteiger partial charge in [-0.3, -0.25) is 0 Å². The third-order valence-electron chi connectivity index (χ3n) is 3.42. The first-order chi connectivity index (χ1) is 11.2. The summed E-state index contributed by atoms with van der Waals surface area (Å²) in [6.07, 6.45) is -1.67. The fraction of sp³-hybridized carbons (Fsp3) is 0.500. The van der Waals surface area contributed by atoms with E-state index in [4.69, 9.17) is 5.73 Å². The number of benzene rings is 1. The van der Waals surface area contributed by atoms with Gasteiger partial charge in [-0.1, -0.05) is 20.8 Å².